The van der Waals surface area contributed by atoms with Crippen molar-refractivity contribution in [3.8, 4) is 16.9 Å². The molecule has 2 saturated carbocycles. The highest BCUT2D eigenvalue weighted by molar-refractivity contribution is 6.07. The van der Waals surface area contributed by atoms with Gasteiger partial charge in [0.25, 0.3) is 0 Å². The van der Waals surface area contributed by atoms with Gasteiger partial charge in [-0.1, -0.05) is 86.5 Å². The van der Waals surface area contributed by atoms with Crippen molar-refractivity contribution in [2.75, 3.05) is 13.1 Å². The lowest BCUT2D eigenvalue weighted by molar-refractivity contribution is -0.135. The molecular formula is C51H55NO5. The number of phenolic OH excluding ortho intramolecular Hbond substituents is 1. The van der Waals surface area contributed by atoms with Crippen molar-refractivity contribution in [1.82, 2.24) is 5.32 Å². The summed E-state index contributed by atoms with van der Waals surface area (Å²) in [5.74, 6) is 1.92. The normalized spacial score (nSPS) is 29.7. The summed E-state index contributed by atoms with van der Waals surface area (Å²) in [5.41, 5.74) is 7.21. The zero-order valence-electron chi connectivity index (χ0n) is 33.2. The second-order valence-corrected chi connectivity index (χ2v) is 18.1. The lowest BCUT2D eigenvalue weighted by atomic mass is 9.44. The number of ether oxygens (including phenoxy) is 2. The maximum atomic E-state index is 14.8. The summed E-state index contributed by atoms with van der Waals surface area (Å²) in [6.45, 7) is 4.38. The number of fused-ring (bicyclic) bond motifs is 1. The van der Waals surface area contributed by atoms with Crippen molar-refractivity contribution in [2.45, 2.75) is 90.4 Å². The highest BCUT2D eigenvalue weighted by Crippen LogP contribution is 2.72. The summed E-state index contributed by atoms with van der Waals surface area (Å²) in [7, 11) is 0. The van der Waals surface area contributed by atoms with Gasteiger partial charge in [0.05, 0.1) is 11.0 Å². The SMILES string of the molecule is CC[C@H](C=C1OC(=O)C2=C(c3cc(O)ccc3-c3ccccc3)[C@@H]3CC[C@]12[C@H]1C2=C(CC[C@H]31)C(=CCC1(C3CCNCC3)CCCC1)OC2=O)Cc1ccccc1. The number of cyclic esters (lactones) is 2. The van der Waals surface area contributed by atoms with Gasteiger partial charge in [-0.25, -0.2) is 9.59 Å². The molecule has 2 saturated heterocycles. The van der Waals surface area contributed by atoms with E-state index in [0.717, 1.165) is 97.2 Å². The van der Waals surface area contributed by atoms with Gasteiger partial charge in [0.1, 0.15) is 17.3 Å². The van der Waals surface area contributed by atoms with Crippen molar-refractivity contribution in [3.63, 3.8) is 0 Å². The number of carbonyl (C=O) groups excluding carboxylic acids is 2. The first kappa shape index (κ1) is 36.6. The average molecular weight is 762 g/mol. The van der Waals surface area contributed by atoms with E-state index in [9.17, 15) is 14.7 Å². The van der Waals surface area contributed by atoms with Crippen molar-refractivity contribution in [2.24, 2.45) is 40.4 Å². The van der Waals surface area contributed by atoms with E-state index in [0.29, 0.717) is 17.3 Å². The Hall–Kier alpha value is -4.68. The van der Waals surface area contributed by atoms with Crippen LogP contribution in [-0.4, -0.2) is 30.1 Å². The van der Waals surface area contributed by atoms with E-state index in [1.165, 1.54) is 44.1 Å². The Morgan fingerprint density at radius 1 is 0.842 bits per heavy atom. The van der Waals surface area contributed by atoms with Gasteiger partial charge < -0.3 is 19.9 Å². The molecule has 6 heteroatoms. The molecule has 0 aromatic heterocycles. The Bertz CT molecular complexity index is 2200. The molecule has 0 amide bonds. The molecule has 294 valence electrons. The minimum Gasteiger partial charge on any atom is -0.508 e. The third-order valence-electron chi connectivity index (χ3n) is 15.5. The molecule has 3 aliphatic heterocycles. The molecule has 5 atom stereocenters. The minimum absolute atomic E-state index is 0.0332. The smallest absolute Gasteiger partial charge is 0.340 e. The first-order valence-corrected chi connectivity index (χ1v) is 21.9. The quantitative estimate of drug-likeness (QED) is 0.211. The van der Waals surface area contributed by atoms with E-state index < -0.39 is 5.41 Å². The first-order chi connectivity index (χ1) is 27.9. The Balaban J connectivity index is 1.13. The number of aromatic hydroxyl groups is 1. The molecule has 3 heterocycles. The minimum atomic E-state index is -0.799. The number of nitrogens with one attached hydrogen (secondary N) is 1. The molecule has 11 rings (SSSR count). The summed E-state index contributed by atoms with van der Waals surface area (Å²) in [4.78, 5) is 29.3. The lowest BCUT2D eigenvalue weighted by Crippen LogP contribution is -2.52. The molecule has 3 aromatic carbocycles. The third kappa shape index (κ3) is 5.99. The van der Waals surface area contributed by atoms with E-state index in [-0.39, 0.29) is 46.8 Å². The molecule has 57 heavy (non-hydrogen) atoms. The van der Waals surface area contributed by atoms with Gasteiger partial charge in [-0.15, -0.1) is 0 Å². The van der Waals surface area contributed by atoms with Crippen molar-refractivity contribution >= 4 is 17.5 Å². The number of allylic oxidation sites excluding steroid dienone is 5. The van der Waals surface area contributed by atoms with Gasteiger partial charge >= 0.3 is 11.9 Å². The van der Waals surface area contributed by atoms with E-state index in [2.05, 4.69) is 60.8 Å². The number of esters is 2. The van der Waals surface area contributed by atoms with Crippen LogP contribution in [0.5, 0.6) is 5.75 Å². The number of phenols is 1. The summed E-state index contributed by atoms with van der Waals surface area (Å²) < 4.78 is 13.0. The highest BCUT2D eigenvalue weighted by Gasteiger charge is 2.68. The van der Waals surface area contributed by atoms with Crippen molar-refractivity contribution in [3.05, 3.63) is 130 Å². The van der Waals surface area contributed by atoms with E-state index in [4.69, 9.17) is 9.47 Å². The van der Waals surface area contributed by atoms with Gasteiger partial charge in [0.2, 0.25) is 0 Å². The molecule has 6 nitrogen and oxygen atoms in total. The molecule has 0 radical (unpaired) electrons. The Morgan fingerprint density at radius 3 is 2.35 bits per heavy atom. The largest absolute Gasteiger partial charge is 0.508 e. The van der Waals surface area contributed by atoms with Crippen LogP contribution >= 0.6 is 0 Å². The summed E-state index contributed by atoms with van der Waals surface area (Å²) in [6.07, 6.45) is 18.0. The zero-order chi connectivity index (χ0) is 38.7. The molecule has 5 aliphatic carbocycles. The summed E-state index contributed by atoms with van der Waals surface area (Å²) in [5, 5.41) is 14.6. The maximum Gasteiger partial charge on any atom is 0.340 e. The Kier molecular flexibility index (Phi) is 9.39. The topological polar surface area (TPSA) is 84.9 Å². The van der Waals surface area contributed by atoms with Crippen molar-refractivity contribution in [1.29, 1.82) is 0 Å². The molecule has 2 N–H and O–H groups in total. The monoisotopic (exact) mass is 761 g/mol. The van der Waals surface area contributed by atoms with Crippen LogP contribution in [0.25, 0.3) is 16.7 Å². The molecule has 3 aromatic rings. The summed E-state index contributed by atoms with van der Waals surface area (Å²) in [6, 6.07) is 26.4. The van der Waals surface area contributed by atoms with Gasteiger partial charge in [0.15, 0.2) is 0 Å². The second kappa shape index (κ2) is 14.6. The molecule has 4 fully saturated rings. The third-order valence-corrected chi connectivity index (χ3v) is 15.5. The van der Waals surface area contributed by atoms with Crippen LogP contribution in [0.3, 0.4) is 0 Å². The second-order valence-electron chi connectivity index (χ2n) is 18.1. The van der Waals surface area contributed by atoms with Gasteiger partial charge in [-0.3, -0.25) is 0 Å². The zero-order valence-corrected chi connectivity index (χ0v) is 33.2. The fourth-order valence-corrected chi connectivity index (χ4v) is 12.9. The number of benzene rings is 3. The molecule has 8 aliphatic rings. The standard InChI is InChI=1S/C51H55NO5/c1-2-32(29-33-11-5-3-6-12-33)30-43-51-26-19-38(44(47(51)49(55)57-43)41-31-36(53)15-16-37(41)34-13-7-4-8-14-34)39-17-18-40-42(56-48(54)45(40)46(39)51)20-25-50(23-9-10-24-50)35-21-27-52-28-22-35/h3-8,11-16,20,30-32,35,38-39,46,52-53H,2,9-10,17-19,21-29H2,1H3/t32-,38+,39+,46+,51+/m0/s1. The predicted molar refractivity (Wildman–Crippen MR) is 222 cm³/mol. The Morgan fingerprint density at radius 2 is 1.60 bits per heavy atom. The van der Waals surface area contributed by atoms with Gasteiger partial charge in [-0.2, -0.15) is 0 Å². The number of hydrogen-bond donors (Lipinski definition) is 2. The van der Waals surface area contributed by atoms with E-state index in [1.54, 1.807) is 6.07 Å². The maximum absolute atomic E-state index is 14.8. The lowest BCUT2D eigenvalue weighted by Gasteiger charge is -2.56. The van der Waals surface area contributed by atoms with Gasteiger partial charge in [0, 0.05) is 17.1 Å². The molecular weight excluding hydrogens is 707 g/mol. The van der Waals surface area contributed by atoms with Crippen LogP contribution in [0.4, 0.5) is 0 Å². The fraction of sp³-hybridized carbons (Fsp3) is 0.451. The van der Waals surface area contributed by atoms with Crippen molar-refractivity contribution < 1.29 is 24.2 Å². The molecule has 0 unspecified atom stereocenters. The van der Waals surface area contributed by atoms with Crippen LogP contribution < -0.4 is 5.32 Å². The fourth-order valence-electron chi connectivity index (χ4n) is 12.9. The predicted octanol–water partition coefficient (Wildman–Crippen LogP) is 10.6. The first-order valence-electron chi connectivity index (χ1n) is 21.9. The molecule has 1 spiro atoms. The van der Waals surface area contributed by atoms with Crippen LogP contribution in [0.15, 0.2) is 119 Å². The molecule has 2 bridgehead atoms. The van der Waals surface area contributed by atoms with Crippen LogP contribution in [0.2, 0.25) is 0 Å². The number of carbonyl (C=O) groups is 2. The number of piperidine rings is 1. The van der Waals surface area contributed by atoms with Gasteiger partial charge in [-0.05, 0) is 165 Å². The Labute approximate surface area is 337 Å². The van der Waals surface area contributed by atoms with Crippen LogP contribution in [-0.2, 0) is 25.5 Å². The average Bonchev–Trinajstić information content (AvgIpc) is 3.95. The summed E-state index contributed by atoms with van der Waals surface area (Å²) >= 11 is 0. The number of rotatable bonds is 9. The number of hydrogen-bond acceptors (Lipinski definition) is 6. The van der Waals surface area contributed by atoms with E-state index in [1.807, 2.05) is 36.4 Å². The van der Waals surface area contributed by atoms with E-state index >= 15 is 0 Å². The van der Waals surface area contributed by atoms with Crippen LogP contribution in [0.1, 0.15) is 95.1 Å². The highest BCUT2D eigenvalue weighted by atomic mass is 16.5. The van der Waals surface area contributed by atoms with Crippen LogP contribution in [0, 0.1) is 40.4 Å².